The van der Waals surface area contributed by atoms with E-state index < -0.39 is 22.0 Å². The highest BCUT2D eigenvalue weighted by molar-refractivity contribution is 7.90. The van der Waals surface area contributed by atoms with E-state index in [4.69, 9.17) is 4.74 Å². The van der Waals surface area contributed by atoms with E-state index >= 15 is 0 Å². The predicted molar refractivity (Wildman–Crippen MR) is 117 cm³/mol. The van der Waals surface area contributed by atoms with Crippen LogP contribution >= 0.6 is 0 Å². The van der Waals surface area contributed by atoms with Crippen molar-refractivity contribution in [2.75, 3.05) is 12.9 Å². The lowest BCUT2D eigenvalue weighted by molar-refractivity contribution is 0.147. The van der Waals surface area contributed by atoms with Crippen LogP contribution in [-0.2, 0) is 29.1 Å². The molecule has 7 nitrogen and oxygen atoms in total. The predicted octanol–water partition coefficient (Wildman–Crippen LogP) is 3.99. The van der Waals surface area contributed by atoms with Crippen LogP contribution in [0, 0.1) is 5.82 Å². The van der Waals surface area contributed by atoms with E-state index in [0.29, 0.717) is 36.6 Å². The van der Waals surface area contributed by atoms with E-state index in [9.17, 15) is 21.6 Å². The number of aromatic nitrogens is 4. The Morgan fingerprint density at radius 2 is 1.94 bits per heavy atom. The first-order valence-electron chi connectivity index (χ1n) is 10.5. The minimum Gasteiger partial charge on any atom is -0.493 e. The van der Waals surface area contributed by atoms with Crippen LogP contribution in [0.4, 0.5) is 13.2 Å². The maximum atomic E-state index is 14.6. The van der Waals surface area contributed by atoms with E-state index in [2.05, 4.69) is 15.0 Å². The summed E-state index contributed by atoms with van der Waals surface area (Å²) in [6, 6.07) is 5.89. The van der Waals surface area contributed by atoms with Gasteiger partial charge in [-0.3, -0.25) is 9.38 Å². The zero-order chi connectivity index (χ0) is 24.0. The summed E-state index contributed by atoms with van der Waals surface area (Å²) in [7, 11) is -3.79. The standard InChI is InChI=1S/C23H19F3N4O3S/c1-34(31,32)23-21-16(15-3-2-9-27-20(15)22(25)26)11-28-19(30(21)12-29-23)7-4-13-14-8-10-33-18(14)6-5-17(13)24/h2-3,5-6,9,11-12,22H,4,7-8,10H2,1H3. The Hall–Kier alpha value is -3.47. The Morgan fingerprint density at radius 1 is 1.12 bits per heavy atom. The van der Waals surface area contributed by atoms with E-state index in [1.807, 2.05) is 0 Å². The average Bonchev–Trinajstić information content (AvgIpc) is 3.46. The number of rotatable bonds is 6. The highest BCUT2D eigenvalue weighted by Gasteiger charge is 2.25. The zero-order valence-electron chi connectivity index (χ0n) is 18.0. The Bertz CT molecular complexity index is 1520. The molecule has 176 valence electrons. The molecular weight excluding hydrogens is 469 g/mol. The molecule has 0 N–H and O–H groups in total. The molecule has 0 amide bonds. The molecule has 0 atom stereocenters. The summed E-state index contributed by atoms with van der Waals surface area (Å²) in [4.78, 5) is 12.2. The summed E-state index contributed by atoms with van der Waals surface area (Å²) in [6.07, 6.45) is 3.17. The number of fused-ring (bicyclic) bond motifs is 2. The van der Waals surface area contributed by atoms with Crippen LogP contribution in [-0.4, -0.2) is 40.6 Å². The molecule has 0 spiro atoms. The van der Waals surface area contributed by atoms with Crippen LogP contribution < -0.4 is 4.74 Å². The molecule has 1 aliphatic rings. The number of hydrogen-bond donors (Lipinski definition) is 0. The summed E-state index contributed by atoms with van der Waals surface area (Å²) in [6.45, 7) is 0.486. The van der Waals surface area contributed by atoms with Gasteiger partial charge in [0, 0.05) is 48.2 Å². The van der Waals surface area contributed by atoms with Crippen LogP contribution in [0.2, 0.25) is 0 Å². The Kier molecular flexibility index (Phi) is 5.51. The molecule has 0 unspecified atom stereocenters. The molecule has 34 heavy (non-hydrogen) atoms. The lowest BCUT2D eigenvalue weighted by atomic mass is 9.99. The maximum Gasteiger partial charge on any atom is 0.280 e. The monoisotopic (exact) mass is 488 g/mol. The van der Waals surface area contributed by atoms with Crippen molar-refractivity contribution in [3.05, 3.63) is 71.4 Å². The maximum absolute atomic E-state index is 14.6. The normalized spacial score (nSPS) is 13.4. The van der Waals surface area contributed by atoms with Crippen LogP contribution in [0.1, 0.15) is 29.1 Å². The number of pyridine rings is 1. The van der Waals surface area contributed by atoms with Gasteiger partial charge in [0.2, 0.25) is 0 Å². The first-order valence-corrected chi connectivity index (χ1v) is 12.4. The van der Waals surface area contributed by atoms with Gasteiger partial charge in [0.15, 0.2) is 14.9 Å². The number of aryl methyl sites for hydroxylation is 1. The minimum atomic E-state index is -3.79. The largest absolute Gasteiger partial charge is 0.493 e. The fourth-order valence-electron chi connectivity index (χ4n) is 4.33. The van der Waals surface area contributed by atoms with E-state index in [1.165, 1.54) is 41.3 Å². The fraction of sp³-hybridized carbons (Fsp3) is 0.261. The molecule has 1 aromatic carbocycles. The molecule has 11 heteroatoms. The molecule has 1 aliphatic heterocycles. The molecule has 0 fully saturated rings. The molecule has 0 saturated heterocycles. The van der Waals surface area contributed by atoms with Gasteiger partial charge in [0.1, 0.15) is 29.4 Å². The van der Waals surface area contributed by atoms with Crippen LogP contribution in [0.3, 0.4) is 0 Å². The van der Waals surface area contributed by atoms with Crippen molar-refractivity contribution >= 4 is 15.4 Å². The van der Waals surface area contributed by atoms with Gasteiger partial charge in [0.05, 0.1) is 12.1 Å². The number of halogens is 3. The number of benzene rings is 1. The topological polar surface area (TPSA) is 86.5 Å². The van der Waals surface area contributed by atoms with Gasteiger partial charge in [-0.15, -0.1) is 0 Å². The van der Waals surface area contributed by atoms with E-state index in [-0.39, 0.29) is 33.9 Å². The van der Waals surface area contributed by atoms with E-state index in [1.54, 1.807) is 6.07 Å². The lowest BCUT2D eigenvalue weighted by Gasteiger charge is -2.13. The van der Waals surface area contributed by atoms with Crippen LogP contribution in [0.25, 0.3) is 16.6 Å². The minimum absolute atomic E-state index is 0.0658. The van der Waals surface area contributed by atoms with Crippen molar-refractivity contribution in [3.63, 3.8) is 0 Å². The number of imidazole rings is 1. The second-order valence-corrected chi connectivity index (χ2v) is 9.90. The average molecular weight is 488 g/mol. The molecule has 0 radical (unpaired) electrons. The van der Waals surface area contributed by atoms with Gasteiger partial charge in [-0.2, -0.15) is 0 Å². The number of ether oxygens (including phenoxy) is 1. The Morgan fingerprint density at radius 3 is 2.71 bits per heavy atom. The Balaban J connectivity index is 1.64. The smallest absolute Gasteiger partial charge is 0.280 e. The highest BCUT2D eigenvalue weighted by Crippen LogP contribution is 2.35. The van der Waals surface area contributed by atoms with Crippen molar-refractivity contribution in [3.8, 4) is 16.9 Å². The van der Waals surface area contributed by atoms with E-state index in [0.717, 1.165) is 11.8 Å². The molecule has 0 bridgehead atoms. The second kappa shape index (κ2) is 8.39. The van der Waals surface area contributed by atoms with Gasteiger partial charge in [0.25, 0.3) is 6.43 Å². The molecular formula is C23H19F3N4O3S. The van der Waals surface area contributed by atoms with Gasteiger partial charge < -0.3 is 4.74 Å². The van der Waals surface area contributed by atoms with Crippen molar-refractivity contribution < 1.29 is 26.3 Å². The molecule has 0 aliphatic carbocycles. The van der Waals surface area contributed by atoms with Crippen molar-refractivity contribution in [2.24, 2.45) is 0 Å². The first kappa shape index (κ1) is 22.3. The summed E-state index contributed by atoms with van der Waals surface area (Å²) >= 11 is 0. The quantitative estimate of drug-likeness (QED) is 0.408. The Labute approximate surface area is 193 Å². The number of nitrogens with zero attached hydrogens (tertiary/aromatic N) is 4. The van der Waals surface area contributed by atoms with Crippen molar-refractivity contribution in [1.82, 2.24) is 19.4 Å². The van der Waals surface area contributed by atoms with Gasteiger partial charge in [-0.1, -0.05) is 6.07 Å². The number of alkyl halides is 2. The van der Waals surface area contributed by atoms with Crippen molar-refractivity contribution in [2.45, 2.75) is 30.7 Å². The second-order valence-electron chi connectivity index (χ2n) is 7.97. The molecule has 0 saturated carbocycles. The van der Waals surface area contributed by atoms with Gasteiger partial charge in [-0.25, -0.2) is 31.6 Å². The summed E-state index contributed by atoms with van der Waals surface area (Å²) in [5, 5.41) is -0.254. The molecule has 5 rings (SSSR count). The third kappa shape index (κ3) is 3.79. The number of hydrogen-bond acceptors (Lipinski definition) is 6. The van der Waals surface area contributed by atoms with Gasteiger partial charge >= 0.3 is 0 Å². The summed E-state index contributed by atoms with van der Waals surface area (Å²) in [5.41, 5.74) is 1.21. The SMILES string of the molecule is CS(=O)(=O)c1ncn2c(CCc3c(F)ccc4c3CCO4)ncc(-c3cccnc3C(F)F)c12. The van der Waals surface area contributed by atoms with Crippen LogP contribution in [0.15, 0.2) is 48.0 Å². The third-order valence-electron chi connectivity index (χ3n) is 5.84. The van der Waals surface area contributed by atoms with Crippen molar-refractivity contribution in [1.29, 1.82) is 0 Å². The van der Waals surface area contributed by atoms with Crippen LogP contribution in [0.5, 0.6) is 5.75 Å². The van der Waals surface area contributed by atoms with Gasteiger partial charge in [-0.05, 0) is 30.2 Å². The number of sulfone groups is 1. The molecule has 4 aromatic rings. The summed E-state index contributed by atoms with van der Waals surface area (Å²) < 4.78 is 73.7. The lowest BCUT2D eigenvalue weighted by Crippen LogP contribution is -2.08. The highest BCUT2D eigenvalue weighted by atomic mass is 32.2. The zero-order valence-corrected chi connectivity index (χ0v) is 18.8. The fourth-order valence-corrected chi connectivity index (χ4v) is 5.13. The molecule has 3 aromatic heterocycles. The summed E-state index contributed by atoms with van der Waals surface area (Å²) in [5.74, 6) is 0.721. The first-order chi connectivity index (χ1) is 16.3. The molecule has 4 heterocycles. The third-order valence-corrected chi connectivity index (χ3v) is 6.84.